The zero-order valence-electron chi connectivity index (χ0n) is 19.9. The van der Waals surface area contributed by atoms with Crippen molar-refractivity contribution in [2.24, 2.45) is 5.16 Å². The van der Waals surface area contributed by atoms with E-state index in [1.165, 1.54) is 0 Å². The zero-order valence-corrected chi connectivity index (χ0v) is 19.9. The molecule has 1 unspecified atom stereocenters. The van der Waals surface area contributed by atoms with Gasteiger partial charge in [0.2, 0.25) is 0 Å². The Labute approximate surface area is 191 Å². The van der Waals surface area contributed by atoms with Crippen molar-refractivity contribution in [3.63, 3.8) is 0 Å². The molecule has 0 bridgehead atoms. The molecule has 4 heterocycles. The molecule has 1 N–H and O–H groups in total. The maximum absolute atomic E-state index is 13.4. The van der Waals surface area contributed by atoms with E-state index in [1.807, 2.05) is 46.8 Å². The summed E-state index contributed by atoms with van der Waals surface area (Å²) in [6.07, 6.45) is 5.62. The number of nitrogens with zero attached hydrogens (tertiary/aromatic N) is 3. The van der Waals surface area contributed by atoms with Gasteiger partial charge in [-0.3, -0.25) is 4.79 Å². The molecule has 0 radical (unpaired) electrons. The number of cyclic esters (lactones) is 1. The number of rotatable bonds is 3. The molecule has 4 rings (SSSR count). The Morgan fingerprint density at radius 2 is 2.00 bits per heavy atom. The summed E-state index contributed by atoms with van der Waals surface area (Å²) in [5.41, 5.74) is 0.845. The first-order valence-electron chi connectivity index (χ1n) is 11.1. The van der Waals surface area contributed by atoms with Crippen molar-refractivity contribution in [2.75, 3.05) is 0 Å². The molecule has 2 aliphatic heterocycles. The molecule has 8 heteroatoms. The lowest BCUT2D eigenvalue weighted by molar-refractivity contribution is -0.172. The van der Waals surface area contributed by atoms with Gasteiger partial charge < -0.3 is 19.2 Å². The minimum absolute atomic E-state index is 0.0990. The molecule has 0 amide bonds. The fourth-order valence-corrected chi connectivity index (χ4v) is 4.37. The summed E-state index contributed by atoms with van der Waals surface area (Å²) < 4.78 is 6.76. The van der Waals surface area contributed by atoms with Crippen LogP contribution in [0.15, 0.2) is 16.0 Å². The van der Waals surface area contributed by atoms with Crippen LogP contribution in [-0.2, 0) is 33.1 Å². The van der Waals surface area contributed by atoms with Gasteiger partial charge >= 0.3 is 5.97 Å². The number of carbonyl (C=O) groups excluding carboxylic acids is 1. The molecular weight excluding hydrogens is 422 g/mol. The summed E-state index contributed by atoms with van der Waals surface area (Å²) in [5, 5.41) is 16.9. The molecule has 0 aliphatic carbocycles. The lowest BCUT2D eigenvalue weighted by Crippen LogP contribution is -2.44. The Morgan fingerprint density at radius 1 is 1.27 bits per heavy atom. The van der Waals surface area contributed by atoms with Crippen LogP contribution < -0.4 is 16.1 Å². The van der Waals surface area contributed by atoms with Crippen molar-refractivity contribution in [1.82, 2.24) is 9.55 Å². The minimum Gasteiger partial charge on any atom is -0.458 e. The Bertz CT molecular complexity index is 1360. The van der Waals surface area contributed by atoms with E-state index >= 15 is 0 Å². The molecule has 33 heavy (non-hydrogen) atoms. The quantitative estimate of drug-likeness (QED) is 0.369. The van der Waals surface area contributed by atoms with Crippen molar-refractivity contribution < 1.29 is 19.5 Å². The molecule has 1 atom stereocenters. The molecule has 0 saturated heterocycles. The van der Waals surface area contributed by atoms with Crippen molar-refractivity contribution >= 4 is 24.3 Å². The Balaban J connectivity index is 2.00. The normalized spacial score (nSPS) is 20.6. The molecule has 2 aromatic heterocycles. The fourth-order valence-electron chi connectivity index (χ4n) is 4.37. The highest BCUT2D eigenvalue weighted by Gasteiger charge is 2.45. The van der Waals surface area contributed by atoms with Crippen LogP contribution in [0.2, 0.25) is 0 Å². The lowest BCUT2D eigenvalue weighted by Gasteiger charge is -2.31. The van der Waals surface area contributed by atoms with E-state index in [4.69, 9.17) is 14.6 Å². The molecular formula is C25H29N3O5. The predicted octanol–water partition coefficient (Wildman–Crippen LogP) is 1.68. The van der Waals surface area contributed by atoms with Crippen LogP contribution in [0, 0.1) is 0 Å². The summed E-state index contributed by atoms with van der Waals surface area (Å²) in [6, 6.07) is 1.71. The third-order valence-electron chi connectivity index (χ3n) is 6.08. The third kappa shape index (κ3) is 3.58. The fraction of sp³-hybridized carbons (Fsp3) is 0.440. The molecule has 0 aromatic carbocycles. The maximum atomic E-state index is 13.4. The second-order valence-corrected chi connectivity index (χ2v) is 9.27. The first-order chi connectivity index (χ1) is 15.6. The van der Waals surface area contributed by atoms with Gasteiger partial charge in [0.25, 0.3) is 5.56 Å². The molecule has 174 valence electrons. The maximum Gasteiger partial charge on any atom is 0.343 e. The van der Waals surface area contributed by atoms with Gasteiger partial charge in [-0.15, -0.1) is 0 Å². The van der Waals surface area contributed by atoms with E-state index < -0.39 is 17.2 Å². The standard InChI is InChI=1S/C25H29N3O5/c1-7-14-15(11-26-33-24(4,5)6)16-12-28-20(21(16)27-19(14)8-2)10-18-17(22(28)29)13-32-23(30)25(18,31)9-3/h7-8,10-11,31H,9,12-13H2,1-6H3/b14-7-,19-8+,26-11+. The number of hydrogen-bond donors (Lipinski definition) is 1. The van der Waals surface area contributed by atoms with Crippen LogP contribution in [0.1, 0.15) is 70.2 Å². The van der Waals surface area contributed by atoms with Crippen molar-refractivity contribution in [2.45, 2.75) is 72.3 Å². The topological polar surface area (TPSA) is 103 Å². The smallest absolute Gasteiger partial charge is 0.343 e. The number of fused-ring (bicyclic) bond motifs is 4. The SMILES string of the molecule is C/C=c1/c(/C=N/OC(C)(C)C)c2c(n/c1=C/C)-c1cc3c(c(=O)n1C2)COC(=O)C3(O)CC. The minimum atomic E-state index is -1.85. The van der Waals surface area contributed by atoms with E-state index in [9.17, 15) is 14.7 Å². The summed E-state index contributed by atoms with van der Waals surface area (Å²) >= 11 is 0. The number of hydrogen-bond acceptors (Lipinski definition) is 7. The van der Waals surface area contributed by atoms with Gasteiger partial charge in [-0.05, 0) is 47.1 Å². The third-order valence-corrected chi connectivity index (χ3v) is 6.08. The summed E-state index contributed by atoms with van der Waals surface area (Å²) in [6.45, 7) is 11.4. The van der Waals surface area contributed by atoms with Gasteiger partial charge in [0.15, 0.2) is 5.60 Å². The van der Waals surface area contributed by atoms with Gasteiger partial charge in [-0.1, -0.05) is 24.2 Å². The van der Waals surface area contributed by atoms with Crippen LogP contribution in [0.4, 0.5) is 0 Å². The van der Waals surface area contributed by atoms with Gasteiger partial charge in [-0.2, -0.15) is 0 Å². The van der Waals surface area contributed by atoms with Gasteiger partial charge in [-0.25, -0.2) is 9.78 Å². The van der Waals surface area contributed by atoms with Crippen molar-refractivity contribution in [1.29, 1.82) is 0 Å². The highest BCUT2D eigenvalue weighted by Crippen LogP contribution is 2.37. The monoisotopic (exact) mass is 451 g/mol. The predicted molar refractivity (Wildman–Crippen MR) is 125 cm³/mol. The highest BCUT2D eigenvalue weighted by atomic mass is 16.6. The van der Waals surface area contributed by atoms with Crippen LogP contribution in [0.5, 0.6) is 0 Å². The number of aliphatic hydroxyl groups is 1. The van der Waals surface area contributed by atoms with Crippen LogP contribution in [-0.4, -0.2) is 32.4 Å². The van der Waals surface area contributed by atoms with E-state index in [2.05, 4.69) is 5.16 Å². The Kier molecular flexibility index (Phi) is 5.52. The van der Waals surface area contributed by atoms with E-state index in [0.717, 1.165) is 21.7 Å². The number of aromatic nitrogens is 2. The zero-order chi connectivity index (χ0) is 24.1. The van der Waals surface area contributed by atoms with Crippen molar-refractivity contribution in [3.8, 4) is 11.4 Å². The van der Waals surface area contributed by atoms with E-state index in [0.29, 0.717) is 29.1 Å². The summed E-state index contributed by atoms with van der Waals surface area (Å²) in [4.78, 5) is 36.2. The second-order valence-electron chi connectivity index (χ2n) is 9.27. The number of pyridine rings is 2. The average molecular weight is 452 g/mol. The molecule has 2 aromatic rings. The molecule has 0 fully saturated rings. The number of oxime groups is 1. The number of esters is 1. The Hall–Kier alpha value is -3.26. The highest BCUT2D eigenvalue weighted by molar-refractivity contribution is 5.87. The lowest BCUT2D eigenvalue weighted by atomic mass is 9.86. The van der Waals surface area contributed by atoms with Gasteiger partial charge in [0, 0.05) is 21.9 Å². The first-order valence-corrected chi connectivity index (χ1v) is 11.1. The molecule has 2 aliphatic rings. The van der Waals surface area contributed by atoms with Crippen LogP contribution >= 0.6 is 0 Å². The van der Waals surface area contributed by atoms with Crippen LogP contribution in [0.25, 0.3) is 23.5 Å². The number of ether oxygens (including phenoxy) is 1. The van der Waals surface area contributed by atoms with Crippen LogP contribution in [0.3, 0.4) is 0 Å². The number of carbonyl (C=O) groups is 1. The Morgan fingerprint density at radius 3 is 2.61 bits per heavy atom. The van der Waals surface area contributed by atoms with Gasteiger partial charge in [0.05, 0.1) is 35.1 Å². The first kappa shape index (κ1) is 22.9. The molecule has 0 spiro atoms. The second kappa shape index (κ2) is 7.95. The summed E-state index contributed by atoms with van der Waals surface area (Å²) in [7, 11) is 0. The largest absolute Gasteiger partial charge is 0.458 e. The average Bonchev–Trinajstić information content (AvgIpc) is 3.14. The molecule has 8 nitrogen and oxygen atoms in total. The van der Waals surface area contributed by atoms with Crippen molar-refractivity contribution in [3.05, 3.63) is 49.2 Å². The summed E-state index contributed by atoms with van der Waals surface area (Å²) in [5.74, 6) is -0.737. The van der Waals surface area contributed by atoms with E-state index in [1.54, 1.807) is 23.8 Å². The molecule has 0 saturated carbocycles. The van der Waals surface area contributed by atoms with E-state index in [-0.39, 0.29) is 18.6 Å². The van der Waals surface area contributed by atoms with Gasteiger partial charge in [0.1, 0.15) is 12.2 Å².